The Hall–Kier alpha value is -2.35. The number of hydrogen-bond donors (Lipinski definition) is 1. The molecule has 0 aliphatic heterocycles. The summed E-state index contributed by atoms with van der Waals surface area (Å²) in [5.41, 5.74) is 4.60. The van der Waals surface area contributed by atoms with E-state index < -0.39 is 5.97 Å². The van der Waals surface area contributed by atoms with Crippen LogP contribution in [0.5, 0.6) is 0 Å². The van der Waals surface area contributed by atoms with Gasteiger partial charge in [-0.2, -0.15) is 0 Å². The number of carbonyl (C=O) groups is 1. The Bertz CT molecular complexity index is 612. The van der Waals surface area contributed by atoms with E-state index in [4.69, 9.17) is 5.11 Å². The van der Waals surface area contributed by atoms with Gasteiger partial charge in [-0.05, 0) is 35.2 Å². The summed E-state index contributed by atoms with van der Waals surface area (Å²) >= 11 is 0. The minimum absolute atomic E-state index is 0.0502. The first-order chi connectivity index (χ1) is 9.16. The Morgan fingerprint density at radius 3 is 2.68 bits per heavy atom. The second-order valence-corrected chi connectivity index (χ2v) is 4.44. The van der Waals surface area contributed by atoms with Crippen molar-refractivity contribution in [1.29, 1.82) is 0 Å². The van der Waals surface area contributed by atoms with Crippen molar-refractivity contribution in [3.05, 3.63) is 65.7 Å². The van der Waals surface area contributed by atoms with Crippen LogP contribution < -0.4 is 0 Å². The third kappa shape index (κ3) is 3.55. The van der Waals surface area contributed by atoms with Crippen molar-refractivity contribution in [3.63, 3.8) is 0 Å². The van der Waals surface area contributed by atoms with Crippen LogP contribution in [0.4, 0.5) is 0 Å². The fourth-order valence-corrected chi connectivity index (χ4v) is 2.00. The largest absolute Gasteiger partial charge is 0.481 e. The Balaban J connectivity index is 2.27. The van der Waals surface area contributed by atoms with Gasteiger partial charge in [0.15, 0.2) is 0 Å². The molecule has 0 atom stereocenters. The number of carboxylic acid groups (broad SMARTS) is 1. The molecular weight excluding hydrogens is 236 g/mol. The second-order valence-electron chi connectivity index (χ2n) is 4.44. The van der Waals surface area contributed by atoms with Crippen LogP contribution in [-0.4, -0.2) is 11.1 Å². The van der Waals surface area contributed by atoms with E-state index in [1.807, 2.05) is 30.3 Å². The van der Waals surface area contributed by atoms with Crippen molar-refractivity contribution < 1.29 is 9.90 Å². The molecule has 0 fully saturated rings. The van der Waals surface area contributed by atoms with Gasteiger partial charge in [-0.15, -0.1) is 0 Å². The van der Waals surface area contributed by atoms with E-state index in [0.717, 1.165) is 11.1 Å². The van der Waals surface area contributed by atoms with E-state index >= 15 is 0 Å². The summed E-state index contributed by atoms with van der Waals surface area (Å²) in [6, 6.07) is 16.3. The monoisotopic (exact) mass is 252 g/mol. The highest BCUT2D eigenvalue weighted by Gasteiger charge is 2.00. The molecule has 0 saturated heterocycles. The molecule has 0 unspecified atom stereocenters. The number of aryl methyl sites for hydroxylation is 1. The Kier molecular flexibility index (Phi) is 4.14. The van der Waals surface area contributed by atoms with Gasteiger partial charge in [-0.3, -0.25) is 4.79 Å². The summed E-state index contributed by atoms with van der Waals surface area (Å²) in [5, 5.41) is 8.61. The van der Waals surface area contributed by atoms with Crippen molar-refractivity contribution in [2.24, 2.45) is 0 Å². The van der Waals surface area contributed by atoms with Gasteiger partial charge in [-0.1, -0.05) is 54.6 Å². The molecule has 0 saturated carbocycles. The minimum atomic E-state index is -0.814. The van der Waals surface area contributed by atoms with E-state index in [1.54, 1.807) is 6.08 Å². The van der Waals surface area contributed by atoms with Crippen LogP contribution in [0, 0.1) is 6.92 Å². The first kappa shape index (κ1) is 13.1. The number of aliphatic carboxylic acids is 1. The van der Waals surface area contributed by atoms with Gasteiger partial charge in [0, 0.05) is 0 Å². The third-order valence-corrected chi connectivity index (χ3v) is 2.95. The van der Waals surface area contributed by atoms with Crippen LogP contribution in [0.1, 0.15) is 17.5 Å². The molecule has 2 nitrogen and oxygen atoms in total. The summed E-state index contributed by atoms with van der Waals surface area (Å²) in [5.74, 6) is -0.814. The van der Waals surface area contributed by atoms with Crippen molar-refractivity contribution in [1.82, 2.24) is 0 Å². The van der Waals surface area contributed by atoms with Crippen LogP contribution in [0.2, 0.25) is 0 Å². The van der Waals surface area contributed by atoms with Gasteiger partial charge in [0.1, 0.15) is 0 Å². The summed E-state index contributed by atoms with van der Waals surface area (Å²) < 4.78 is 0. The lowest BCUT2D eigenvalue weighted by Crippen LogP contribution is -1.89. The minimum Gasteiger partial charge on any atom is -0.481 e. The number of hydrogen-bond acceptors (Lipinski definition) is 1. The van der Waals surface area contributed by atoms with Crippen LogP contribution in [0.25, 0.3) is 17.2 Å². The lowest BCUT2D eigenvalue weighted by Gasteiger charge is -2.06. The lowest BCUT2D eigenvalue weighted by molar-refractivity contribution is -0.135. The van der Waals surface area contributed by atoms with E-state index in [1.165, 1.54) is 11.1 Å². The number of rotatable bonds is 4. The maximum absolute atomic E-state index is 10.5. The van der Waals surface area contributed by atoms with Crippen molar-refractivity contribution in [2.45, 2.75) is 13.3 Å². The molecule has 2 heteroatoms. The molecule has 0 amide bonds. The molecule has 0 aromatic heterocycles. The average Bonchev–Trinajstić information content (AvgIpc) is 2.39. The van der Waals surface area contributed by atoms with Crippen LogP contribution in [0.15, 0.2) is 54.6 Å². The predicted octanol–water partition coefficient (Wildman–Crippen LogP) is 4.15. The number of benzene rings is 2. The van der Waals surface area contributed by atoms with Crippen molar-refractivity contribution in [3.8, 4) is 11.1 Å². The second kappa shape index (κ2) is 6.01. The fraction of sp³-hybridized carbons (Fsp3) is 0.118. The average molecular weight is 252 g/mol. The molecule has 0 heterocycles. The van der Waals surface area contributed by atoms with Gasteiger partial charge in [-0.25, -0.2) is 0 Å². The van der Waals surface area contributed by atoms with E-state index in [0.29, 0.717) is 0 Å². The molecule has 96 valence electrons. The first-order valence-corrected chi connectivity index (χ1v) is 6.21. The SMILES string of the molecule is Cc1ccccc1-c1cccc(/C=C/CC(=O)O)c1. The Morgan fingerprint density at radius 2 is 1.95 bits per heavy atom. The molecule has 2 aromatic carbocycles. The molecule has 0 radical (unpaired) electrons. The van der Waals surface area contributed by atoms with Gasteiger partial charge >= 0.3 is 5.97 Å². The maximum atomic E-state index is 10.5. The van der Waals surface area contributed by atoms with Crippen LogP contribution in [0.3, 0.4) is 0 Å². The topological polar surface area (TPSA) is 37.3 Å². The summed E-state index contributed by atoms with van der Waals surface area (Å²) in [6.45, 7) is 2.09. The molecule has 0 aliphatic carbocycles. The molecule has 0 aliphatic rings. The standard InChI is InChI=1S/C17H16O2/c1-13-6-2-3-10-16(13)15-9-4-7-14(12-15)8-5-11-17(18)19/h2-10,12H,11H2,1H3,(H,18,19)/b8-5+. The Morgan fingerprint density at radius 1 is 1.16 bits per heavy atom. The molecule has 19 heavy (non-hydrogen) atoms. The zero-order chi connectivity index (χ0) is 13.7. The molecule has 2 aromatic rings. The van der Waals surface area contributed by atoms with Gasteiger partial charge in [0.25, 0.3) is 0 Å². The molecule has 2 rings (SSSR count). The summed E-state index contributed by atoms with van der Waals surface area (Å²) in [4.78, 5) is 10.5. The van der Waals surface area contributed by atoms with Gasteiger partial charge in [0.05, 0.1) is 6.42 Å². The van der Waals surface area contributed by atoms with E-state index in [-0.39, 0.29) is 6.42 Å². The highest BCUT2D eigenvalue weighted by molar-refractivity contribution is 5.72. The molecule has 0 spiro atoms. The van der Waals surface area contributed by atoms with Crippen LogP contribution in [-0.2, 0) is 4.79 Å². The number of carboxylic acids is 1. The smallest absolute Gasteiger partial charge is 0.307 e. The highest BCUT2D eigenvalue weighted by Crippen LogP contribution is 2.24. The zero-order valence-electron chi connectivity index (χ0n) is 10.8. The first-order valence-electron chi connectivity index (χ1n) is 6.21. The summed E-state index contributed by atoms with van der Waals surface area (Å²) in [7, 11) is 0. The highest BCUT2D eigenvalue weighted by atomic mass is 16.4. The fourth-order valence-electron chi connectivity index (χ4n) is 2.00. The summed E-state index contributed by atoms with van der Waals surface area (Å²) in [6.07, 6.45) is 3.56. The lowest BCUT2D eigenvalue weighted by atomic mass is 9.99. The molecule has 0 bridgehead atoms. The van der Waals surface area contributed by atoms with Crippen molar-refractivity contribution >= 4 is 12.0 Å². The molecular formula is C17H16O2. The molecule has 1 N–H and O–H groups in total. The van der Waals surface area contributed by atoms with Gasteiger partial charge in [0.2, 0.25) is 0 Å². The normalized spacial score (nSPS) is 10.8. The zero-order valence-corrected chi connectivity index (χ0v) is 10.8. The van der Waals surface area contributed by atoms with E-state index in [9.17, 15) is 4.79 Å². The third-order valence-electron chi connectivity index (χ3n) is 2.95. The maximum Gasteiger partial charge on any atom is 0.307 e. The van der Waals surface area contributed by atoms with Crippen LogP contribution >= 0.6 is 0 Å². The predicted molar refractivity (Wildman–Crippen MR) is 77.9 cm³/mol. The van der Waals surface area contributed by atoms with Crippen molar-refractivity contribution in [2.75, 3.05) is 0 Å². The Labute approximate surface area is 113 Å². The van der Waals surface area contributed by atoms with Gasteiger partial charge < -0.3 is 5.11 Å². The van der Waals surface area contributed by atoms with E-state index in [2.05, 4.69) is 31.2 Å². The quantitative estimate of drug-likeness (QED) is 0.887.